The summed E-state index contributed by atoms with van der Waals surface area (Å²) in [5.41, 5.74) is 5.47. The number of hydrogen-bond acceptors (Lipinski definition) is 1. The number of hydrogen-bond donors (Lipinski definition) is 0. The fraction of sp³-hybridized carbons (Fsp3) is 0.259. The van der Waals surface area contributed by atoms with Crippen LogP contribution in [-0.4, -0.2) is 5.75 Å². The van der Waals surface area contributed by atoms with Crippen LogP contribution in [0.3, 0.4) is 0 Å². The summed E-state index contributed by atoms with van der Waals surface area (Å²) in [6, 6.07) is 30.2. The van der Waals surface area contributed by atoms with Crippen molar-refractivity contribution in [1.29, 1.82) is 0 Å². The molecule has 3 aromatic carbocycles. The summed E-state index contributed by atoms with van der Waals surface area (Å²) >= 11 is 1.98. The summed E-state index contributed by atoms with van der Waals surface area (Å²) < 4.78 is 0. The Labute approximate surface area is 174 Å². The largest absolute Gasteiger partial charge is 0.126 e. The molecule has 0 radical (unpaired) electrons. The van der Waals surface area contributed by atoms with Crippen LogP contribution in [0.4, 0.5) is 0 Å². The Bertz CT molecular complexity index is 878. The van der Waals surface area contributed by atoms with Crippen LogP contribution in [0.1, 0.15) is 43.4 Å². The van der Waals surface area contributed by atoms with E-state index in [-0.39, 0.29) is 5.41 Å². The van der Waals surface area contributed by atoms with Crippen molar-refractivity contribution in [3.8, 4) is 0 Å². The second-order valence-electron chi connectivity index (χ2n) is 7.96. The Morgan fingerprint density at radius 2 is 1.43 bits per heavy atom. The first-order valence-corrected chi connectivity index (χ1v) is 11.0. The summed E-state index contributed by atoms with van der Waals surface area (Å²) in [5, 5.41) is 0. The maximum absolute atomic E-state index is 4.26. The molecule has 0 aliphatic heterocycles. The van der Waals surface area contributed by atoms with Gasteiger partial charge in [-0.05, 0) is 58.8 Å². The van der Waals surface area contributed by atoms with Crippen molar-refractivity contribution >= 4 is 17.3 Å². The number of allylic oxidation sites excluding steroid dienone is 1. The van der Waals surface area contributed by atoms with E-state index in [1.165, 1.54) is 27.2 Å². The minimum absolute atomic E-state index is 0.125. The van der Waals surface area contributed by atoms with Crippen molar-refractivity contribution in [2.24, 2.45) is 0 Å². The van der Waals surface area contributed by atoms with Crippen LogP contribution in [0.25, 0.3) is 5.57 Å². The molecule has 0 N–H and O–H groups in total. The van der Waals surface area contributed by atoms with Crippen molar-refractivity contribution in [3.05, 3.63) is 108 Å². The van der Waals surface area contributed by atoms with E-state index >= 15 is 0 Å². The molecule has 0 bridgehead atoms. The maximum atomic E-state index is 4.26. The van der Waals surface area contributed by atoms with Crippen LogP contribution >= 0.6 is 11.8 Å². The van der Waals surface area contributed by atoms with Gasteiger partial charge in [-0.2, -0.15) is 0 Å². The molecule has 0 atom stereocenters. The zero-order chi connectivity index (χ0) is 19.8. The molecule has 3 rings (SSSR count). The second kappa shape index (κ2) is 9.80. The van der Waals surface area contributed by atoms with Gasteiger partial charge in [-0.25, -0.2) is 0 Å². The first-order chi connectivity index (χ1) is 13.6. The molecule has 3 aromatic rings. The van der Waals surface area contributed by atoms with E-state index in [1.54, 1.807) is 0 Å². The third kappa shape index (κ3) is 5.62. The van der Waals surface area contributed by atoms with E-state index in [2.05, 4.69) is 105 Å². The predicted octanol–water partition coefficient (Wildman–Crippen LogP) is 7.79. The highest BCUT2D eigenvalue weighted by Gasteiger charge is 2.22. The molecule has 0 aromatic heterocycles. The van der Waals surface area contributed by atoms with Crippen molar-refractivity contribution in [2.75, 3.05) is 5.75 Å². The molecule has 0 heterocycles. The van der Waals surface area contributed by atoms with E-state index in [0.717, 1.165) is 25.0 Å². The standard InChI is InChI=1S/C27H30S/c1-22(23-14-6-4-7-15-23)13-12-20-28-26-19-11-10-16-24(26)21-27(2,3)25-17-8-5-9-18-25/h4-11,14-19H,1,12-13,20-21H2,2-3H3. The first-order valence-electron chi connectivity index (χ1n) is 10.1. The Hall–Kier alpha value is -2.25. The summed E-state index contributed by atoms with van der Waals surface area (Å²) in [6.07, 6.45) is 3.25. The van der Waals surface area contributed by atoms with E-state index in [1.807, 2.05) is 11.8 Å². The van der Waals surface area contributed by atoms with Gasteiger partial charge in [-0.3, -0.25) is 0 Å². The molecule has 0 amide bonds. The molecule has 0 aliphatic rings. The lowest BCUT2D eigenvalue weighted by Crippen LogP contribution is -2.20. The lowest BCUT2D eigenvalue weighted by atomic mass is 9.79. The lowest BCUT2D eigenvalue weighted by Gasteiger charge is -2.26. The van der Waals surface area contributed by atoms with Gasteiger partial charge in [0.15, 0.2) is 0 Å². The third-order valence-corrected chi connectivity index (χ3v) is 6.42. The molecule has 28 heavy (non-hydrogen) atoms. The Morgan fingerprint density at radius 3 is 2.14 bits per heavy atom. The first kappa shape index (κ1) is 20.5. The normalized spacial score (nSPS) is 11.4. The molecule has 0 spiro atoms. The van der Waals surface area contributed by atoms with Crippen molar-refractivity contribution in [3.63, 3.8) is 0 Å². The molecule has 0 fully saturated rings. The molecular formula is C27H30S. The van der Waals surface area contributed by atoms with Crippen molar-refractivity contribution < 1.29 is 0 Å². The topological polar surface area (TPSA) is 0 Å². The lowest BCUT2D eigenvalue weighted by molar-refractivity contribution is 0.518. The van der Waals surface area contributed by atoms with Crippen LogP contribution in [0.5, 0.6) is 0 Å². The fourth-order valence-electron chi connectivity index (χ4n) is 3.54. The Kier molecular flexibility index (Phi) is 7.17. The van der Waals surface area contributed by atoms with E-state index in [0.29, 0.717) is 0 Å². The van der Waals surface area contributed by atoms with Gasteiger partial charge in [0.25, 0.3) is 0 Å². The molecule has 144 valence electrons. The molecule has 0 unspecified atom stereocenters. The minimum atomic E-state index is 0.125. The summed E-state index contributed by atoms with van der Waals surface area (Å²) in [5.74, 6) is 1.12. The van der Waals surface area contributed by atoms with Gasteiger partial charge >= 0.3 is 0 Å². The van der Waals surface area contributed by atoms with Gasteiger partial charge in [-0.1, -0.05) is 99.3 Å². The van der Waals surface area contributed by atoms with Crippen LogP contribution < -0.4 is 0 Å². The van der Waals surface area contributed by atoms with Gasteiger partial charge < -0.3 is 0 Å². The quantitative estimate of drug-likeness (QED) is 0.267. The highest BCUT2D eigenvalue weighted by atomic mass is 32.2. The highest BCUT2D eigenvalue weighted by molar-refractivity contribution is 7.99. The van der Waals surface area contributed by atoms with E-state index in [4.69, 9.17) is 0 Å². The Balaban J connectivity index is 1.58. The Morgan fingerprint density at radius 1 is 0.821 bits per heavy atom. The summed E-state index contributed by atoms with van der Waals surface area (Å²) in [4.78, 5) is 1.41. The number of rotatable bonds is 9. The van der Waals surface area contributed by atoms with Crippen molar-refractivity contribution in [2.45, 2.75) is 43.4 Å². The molecule has 0 saturated carbocycles. The maximum Gasteiger partial charge on any atom is 0.0104 e. The van der Waals surface area contributed by atoms with Crippen LogP contribution in [0, 0.1) is 0 Å². The minimum Gasteiger partial charge on any atom is -0.126 e. The van der Waals surface area contributed by atoms with E-state index in [9.17, 15) is 0 Å². The van der Waals surface area contributed by atoms with Gasteiger partial charge in [0.05, 0.1) is 0 Å². The van der Waals surface area contributed by atoms with Gasteiger partial charge in [0, 0.05) is 4.90 Å². The zero-order valence-electron chi connectivity index (χ0n) is 17.0. The fourth-order valence-corrected chi connectivity index (χ4v) is 4.55. The summed E-state index contributed by atoms with van der Waals surface area (Å²) in [6.45, 7) is 8.94. The van der Waals surface area contributed by atoms with Crippen LogP contribution in [0.2, 0.25) is 0 Å². The average Bonchev–Trinajstić information content (AvgIpc) is 2.73. The summed E-state index contributed by atoms with van der Waals surface area (Å²) in [7, 11) is 0. The molecule has 0 aliphatic carbocycles. The molecule has 1 heteroatoms. The monoisotopic (exact) mass is 386 g/mol. The molecule has 0 saturated heterocycles. The third-order valence-electron chi connectivity index (χ3n) is 5.22. The smallest absolute Gasteiger partial charge is 0.0104 e. The van der Waals surface area contributed by atoms with Crippen molar-refractivity contribution in [1.82, 2.24) is 0 Å². The van der Waals surface area contributed by atoms with Gasteiger partial charge in [0.1, 0.15) is 0 Å². The average molecular weight is 387 g/mol. The van der Waals surface area contributed by atoms with Crippen LogP contribution in [-0.2, 0) is 11.8 Å². The van der Waals surface area contributed by atoms with E-state index < -0.39 is 0 Å². The second-order valence-corrected chi connectivity index (χ2v) is 9.09. The molecule has 0 nitrogen and oxygen atoms in total. The van der Waals surface area contributed by atoms with Crippen LogP contribution in [0.15, 0.2) is 96.4 Å². The SMILES string of the molecule is C=C(CCCSc1ccccc1CC(C)(C)c1ccccc1)c1ccccc1. The van der Waals surface area contributed by atoms with Gasteiger partial charge in [-0.15, -0.1) is 11.8 Å². The predicted molar refractivity (Wildman–Crippen MR) is 125 cm³/mol. The molecular weight excluding hydrogens is 356 g/mol. The number of benzene rings is 3. The highest BCUT2D eigenvalue weighted by Crippen LogP contribution is 2.32. The number of thioether (sulfide) groups is 1. The van der Waals surface area contributed by atoms with Gasteiger partial charge in [0.2, 0.25) is 0 Å². The zero-order valence-corrected chi connectivity index (χ0v) is 17.8.